The van der Waals surface area contributed by atoms with Crippen LogP contribution in [0.2, 0.25) is 0 Å². The van der Waals surface area contributed by atoms with Gasteiger partial charge in [-0.1, -0.05) is 26.0 Å². The van der Waals surface area contributed by atoms with Crippen molar-refractivity contribution < 1.29 is 4.79 Å². The first-order chi connectivity index (χ1) is 14.5. The Morgan fingerprint density at radius 3 is 2.70 bits per heavy atom. The van der Waals surface area contributed by atoms with Crippen molar-refractivity contribution in [1.29, 1.82) is 0 Å². The Bertz CT molecular complexity index is 1170. The Hall–Kier alpha value is -2.95. The van der Waals surface area contributed by atoms with Gasteiger partial charge in [-0.25, -0.2) is 9.97 Å². The lowest BCUT2D eigenvalue weighted by Crippen LogP contribution is -2.38. The normalized spacial score (nSPS) is 19.1. The molecule has 2 aromatic heterocycles. The van der Waals surface area contributed by atoms with E-state index in [0.29, 0.717) is 11.8 Å². The first-order valence-corrected chi connectivity index (χ1v) is 11.0. The van der Waals surface area contributed by atoms with Gasteiger partial charge in [0.25, 0.3) is 5.91 Å². The fourth-order valence-corrected chi connectivity index (χ4v) is 4.84. The first-order valence-electron chi connectivity index (χ1n) is 11.0. The van der Waals surface area contributed by atoms with E-state index in [1.54, 1.807) is 0 Å². The second kappa shape index (κ2) is 6.27. The Morgan fingerprint density at radius 2 is 1.97 bits per heavy atom. The summed E-state index contributed by atoms with van der Waals surface area (Å²) >= 11 is 0. The van der Waals surface area contributed by atoms with Crippen molar-refractivity contribution in [3.8, 4) is 22.8 Å². The Balaban J connectivity index is 1.40. The van der Waals surface area contributed by atoms with Crippen LogP contribution in [0.5, 0.6) is 0 Å². The third-order valence-corrected chi connectivity index (χ3v) is 6.95. The fourth-order valence-electron chi connectivity index (χ4n) is 4.84. The summed E-state index contributed by atoms with van der Waals surface area (Å²) in [4.78, 5) is 25.3. The molecule has 1 amide bonds. The average Bonchev–Trinajstić information content (AvgIpc) is 3.69. The molecule has 1 spiro atoms. The van der Waals surface area contributed by atoms with Crippen molar-refractivity contribution >= 4 is 5.91 Å². The van der Waals surface area contributed by atoms with Crippen LogP contribution in [-0.4, -0.2) is 27.4 Å². The van der Waals surface area contributed by atoms with Crippen molar-refractivity contribution in [2.75, 3.05) is 6.54 Å². The van der Waals surface area contributed by atoms with Crippen LogP contribution in [0.15, 0.2) is 36.5 Å². The minimum atomic E-state index is 0.0117. The Kier molecular flexibility index (Phi) is 3.74. The van der Waals surface area contributed by atoms with Gasteiger partial charge in [0.15, 0.2) is 5.82 Å². The second-order valence-electron chi connectivity index (χ2n) is 9.47. The van der Waals surface area contributed by atoms with Gasteiger partial charge in [0.05, 0.1) is 17.0 Å². The molecular formula is C25H26N4O. The summed E-state index contributed by atoms with van der Waals surface area (Å²) in [6, 6.07) is 10.6. The fraction of sp³-hybridized carbons (Fsp3) is 0.400. The predicted molar refractivity (Wildman–Crippen MR) is 117 cm³/mol. The van der Waals surface area contributed by atoms with Crippen LogP contribution >= 0.6 is 0 Å². The number of nitrogens with zero attached hydrogens (tertiary/aromatic N) is 2. The summed E-state index contributed by atoms with van der Waals surface area (Å²) in [6.45, 7) is 5.25. The number of hydrogen-bond acceptors (Lipinski definition) is 3. The molecule has 3 aromatic rings. The molecule has 0 radical (unpaired) electrons. The first kappa shape index (κ1) is 17.9. The molecule has 2 saturated carbocycles. The van der Waals surface area contributed by atoms with Gasteiger partial charge in [-0.2, -0.15) is 0 Å². The second-order valence-corrected chi connectivity index (χ2v) is 9.47. The van der Waals surface area contributed by atoms with E-state index in [1.165, 1.54) is 24.0 Å². The molecule has 0 bridgehead atoms. The van der Waals surface area contributed by atoms with E-state index in [2.05, 4.69) is 47.3 Å². The van der Waals surface area contributed by atoms with Gasteiger partial charge in [0.1, 0.15) is 0 Å². The molecule has 0 atom stereocenters. The minimum absolute atomic E-state index is 0.0117. The maximum absolute atomic E-state index is 12.4. The highest BCUT2D eigenvalue weighted by atomic mass is 16.1. The maximum Gasteiger partial charge on any atom is 0.253 e. The number of aromatic amines is 1. The van der Waals surface area contributed by atoms with Crippen LogP contribution in [0.3, 0.4) is 0 Å². The van der Waals surface area contributed by atoms with Gasteiger partial charge in [-0.3, -0.25) is 4.79 Å². The van der Waals surface area contributed by atoms with Gasteiger partial charge in [0.2, 0.25) is 0 Å². The van der Waals surface area contributed by atoms with Crippen LogP contribution < -0.4 is 5.32 Å². The number of hydrogen-bond donors (Lipinski definition) is 2. The molecule has 30 heavy (non-hydrogen) atoms. The highest BCUT2D eigenvalue weighted by molar-refractivity contribution is 5.98. The Morgan fingerprint density at radius 1 is 1.13 bits per heavy atom. The zero-order chi connectivity index (χ0) is 20.5. The molecule has 152 valence electrons. The quantitative estimate of drug-likeness (QED) is 0.656. The van der Waals surface area contributed by atoms with Gasteiger partial charge in [-0.05, 0) is 66.8 Å². The van der Waals surface area contributed by atoms with Crippen LogP contribution in [0, 0.1) is 0 Å². The summed E-state index contributed by atoms with van der Waals surface area (Å²) in [7, 11) is 0. The van der Waals surface area contributed by atoms with Crippen molar-refractivity contribution in [2.24, 2.45) is 0 Å². The number of carbonyl (C=O) groups excluding carboxylic acids is 1. The van der Waals surface area contributed by atoms with Crippen molar-refractivity contribution in [3.05, 3.63) is 58.9 Å². The summed E-state index contributed by atoms with van der Waals surface area (Å²) in [5, 5.41) is 3.04. The number of carbonyl (C=O) groups is 1. The molecule has 0 unspecified atom stereocenters. The molecule has 5 nitrogen and oxygen atoms in total. The van der Waals surface area contributed by atoms with Gasteiger partial charge in [0, 0.05) is 29.4 Å². The minimum Gasteiger partial charge on any atom is -0.356 e. The zero-order valence-electron chi connectivity index (χ0n) is 17.5. The molecule has 0 saturated heterocycles. The van der Waals surface area contributed by atoms with E-state index in [-0.39, 0.29) is 11.3 Å². The molecule has 2 aliphatic carbocycles. The van der Waals surface area contributed by atoms with Gasteiger partial charge >= 0.3 is 0 Å². The van der Waals surface area contributed by atoms with Crippen LogP contribution in [0.1, 0.15) is 78.5 Å². The number of fused-ring (bicyclic) bond motifs is 2. The van der Waals surface area contributed by atoms with E-state index in [9.17, 15) is 4.79 Å². The van der Waals surface area contributed by atoms with E-state index in [1.807, 2.05) is 18.3 Å². The molecule has 1 aromatic carbocycles. The molecule has 2 N–H and O–H groups in total. The van der Waals surface area contributed by atoms with Crippen molar-refractivity contribution in [1.82, 2.24) is 20.3 Å². The summed E-state index contributed by atoms with van der Waals surface area (Å²) in [5.41, 5.74) is 7.66. The van der Waals surface area contributed by atoms with E-state index < -0.39 is 0 Å². The highest BCUT2D eigenvalue weighted by Crippen LogP contribution is 2.50. The van der Waals surface area contributed by atoms with Crippen LogP contribution in [-0.2, 0) is 5.41 Å². The van der Waals surface area contributed by atoms with Crippen molar-refractivity contribution in [2.45, 2.75) is 56.8 Å². The number of rotatable bonds is 4. The topological polar surface area (TPSA) is 70.7 Å². The molecule has 5 heteroatoms. The SMILES string of the molecule is CC(C)c1ccc(-c2nccc(-c3cc4c([nH]3)C3(CC3)CNC4=O)n2)cc1C1CC1. The molecule has 3 heterocycles. The number of nitrogens with one attached hydrogen (secondary N) is 2. The van der Waals surface area contributed by atoms with Gasteiger partial charge in [-0.15, -0.1) is 0 Å². The van der Waals surface area contributed by atoms with E-state index >= 15 is 0 Å². The van der Waals surface area contributed by atoms with E-state index in [0.717, 1.165) is 53.4 Å². The van der Waals surface area contributed by atoms with Crippen LogP contribution in [0.25, 0.3) is 22.8 Å². The van der Waals surface area contributed by atoms with Gasteiger partial charge < -0.3 is 10.3 Å². The molecule has 6 rings (SSSR count). The lowest BCUT2D eigenvalue weighted by molar-refractivity contribution is 0.0937. The molecule has 2 fully saturated rings. The number of aromatic nitrogens is 3. The smallest absolute Gasteiger partial charge is 0.253 e. The molecule has 3 aliphatic rings. The number of H-pyrrole nitrogens is 1. The third-order valence-electron chi connectivity index (χ3n) is 6.95. The highest BCUT2D eigenvalue weighted by Gasteiger charge is 2.50. The predicted octanol–water partition coefficient (Wildman–Crippen LogP) is 4.91. The number of benzene rings is 1. The monoisotopic (exact) mass is 398 g/mol. The Labute approximate surface area is 176 Å². The largest absolute Gasteiger partial charge is 0.356 e. The lowest BCUT2D eigenvalue weighted by atomic mass is 9.92. The zero-order valence-corrected chi connectivity index (χ0v) is 17.5. The summed E-state index contributed by atoms with van der Waals surface area (Å²) in [6.07, 6.45) is 6.63. The maximum atomic E-state index is 12.4. The average molecular weight is 399 g/mol. The van der Waals surface area contributed by atoms with Crippen molar-refractivity contribution in [3.63, 3.8) is 0 Å². The van der Waals surface area contributed by atoms with Crippen LogP contribution in [0.4, 0.5) is 0 Å². The molecule has 1 aliphatic heterocycles. The third kappa shape index (κ3) is 2.79. The number of amides is 1. The van der Waals surface area contributed by atoms with E-state index in [4.69, 9.17) is 4.98 Å². The lowest BCUT2D eigenvalue weighted by Gasteiger charge is -2.21. The molecular weight excluding hydrogens is 372 g/mol. The summed E-state index contributed by atoms with van der Waals surface area (Å²) < 4.78 is 0. The standard InChI is InChI=1S/C25H26N4O/c1-14(2)17-6-5-16(11-18(17)15-3-4-15)23-26-10-7-20(29-23)21-12-19-22(28-21)25(8-9-25)13-27-24(19)30/h5-7,10-12,14-15,28H,3-4,8-9,13H2,1-2H3,(H,27,30). The summed E-state index contributed by atoms with van der Waals surface area (Å²) in [5.74, 6) is 1.96.